The van der Waals surface area contributed by atoms with Crippen molar-refractivity contribution in [2.24, 2.45) is 5.84 Å². The summed E-state index contributed by atoms with van der Waals surface area (Å²) in [4.78, 5) is 0. The maximum Gasteiger partial charge on any atom is 0.273 e. The number of nitrogens with two attached hydrogens (primary N) is 1. The number of nitrogens with zero attached hydrogens (tertiary/aromatic N) is 3. The quantitative estimate of drug-likeness (QED) is 0.399. The molecule has 1 heterocycles. The summed E-state index contributed by atoms with van der Waals surface area (Å²) >= 11 is 0. The first-order valence-electron chi connectivity index (χ1n) is 6.09. The van der Waals surface area contributed by atoms with Crippen molar-refractivity contribution in [3.63, 3.8) is 0 Å². The van der Waals surface area contributed by atoms with Gasteiger partial charge in [-0.25, -0.2) is 4.59 Å². The van der Waals surface area contributed by atoms with Gasteiger partial charge >= 0.3 is 0 Å². The van der Waals surface area contributed by atoms with E-state index in [4.69, 9.17) is 19.7 Å². The Labute approximate surface area is 129 Å². The van der Waals surface area contributed by atoms with E-state index in [9.17, 15) is 0 Å². The van der Waals surface area contributed by atoms with Crippen LogP contribution in [0.1, 0.15) is 5.89 Å². The van der Waals surface area contributed by atoms with Crippen molar-refractivity contribution in [3.05, 3.63) is 24.1 Å². The Morgan fingerprint density at radius 1 is 1.19 bits per heavy atom. The van der Waals surface area contributed by atoms with E-state index >= 15 is 0 Å². The topological polar surface area (TPSA) is 83.4 Å². The summed E-state index contributed by atoms with van der Waals surface area (Å²) in [6.07, 6.45) is 0. The molecule has 1 aromatic carbocycles. The van der Waals surface area contributed by atoms with Crippen LogP contribution in [-0.2, 0) is 6.54 Å². The van der Waals surface area contributed by atoms with E-state index in [0.29, 0.717) is 29.8 Å². The van der Waals surface area contributed by atoms with Crippen molar-refractivity contribution in [1.82, 2.24) is 10.2 Å². The van der Waals surface area contributed by atoms with Crippen molar-refractivity contribution in [3.8, 4) is 23.0 Å². The van der Waals surface area contributed by atoms with Gasteiger partial charge in [0.1, 0.15) is 11.5 Å². The van der Waals surface area contributed by atoms with Crippen molar-refractivity contribution in [2.75, 3.05) is 28.3 Å². The molecule has 21 heavy (non-hydrogen) atoms. The van der Waals surface area contributed by atoms with Crippen LogP contribution in [0, 0.1) is 0 Å². The Morgan fingerprint density at radius 3 is 2.48 bits per heavy atom. The molecular formula is C13H19ClN4O3. The first-order valence-corrected chi connectivity index (χ1v) is 6.09. The fourth-order valence-electron chi connectivity index (χ4n) is 1.75. The van der Waals surface area contributed by atoms with E-state index in [1.54, 1.807) is 20.3 Å². The third kappa shape index (κ3) is 4.32. The molecule has 2 aromatic rings. The zero-order valence-electron chi connectivity index (χ0n) is 12.5. The fraction of sp³-hybridized carbons (Fsp3) is 0.385. The van der Waals surface area contributed by atoms with Gasteiger partial charge in [-0.05, 0) is 12.1 Å². The SMILES string of the molecule is COc1ccc(-c2nnc(C[N+](C)(C)N)o2)c(OC)c1.[Cl-]. The van der Waals surface area contributed by atoms with Crippen LogP contribution in [-0.4, -0.2) is 43.1 Å². The van der Waals surface area contributed by atoms with Crippen molar-refractivity contribution in [2.45, 2.75) is 6.54 Å². The third-order valence-electron chi connectivity index (χ3n) is 2.65. The number of ether oxygens (including phenoxy) is 2. The Hall–Kier alpha value is -1.83. The molecular weight excluding hydrogens is 296 g/mol. The van der Waals surface area contributed by atoms with E-state index in [-0.39, 0.29) is 17.0 Å². The van der Waals surface area contributed by atoms with Gasteiger partial charge in [0.25, 0.3) is 11.8 Å². The van der Waals surface area contributed by atoms with Crippen LogP contribution in [0.4, 0.5) is 0 Å². The van der Waals surface area contributed by atoms with Gasteiger partial charge in [0.05, 0.1) is 33.9 Å². The van der Waals surface area contributed by atoms with Crippen molar-refractivity contribution >= 4 is 0 Å². The molecule has 7 nitrogen and oxygen atoms in total. The van der Waals surface area contributed by atoms with Crippen LogP contribution in [0.5, 0.6) is 11.5 Å². The summed E-state index contributed by atoms with van der Waals surface area (Å²) < 4.78 is 16.3. The number of rotatable bonds is 5. The molecule has 0 atom stereocenters. The predicted octanol–water partition coefficient (Wildman–Crippen LogP) is -1.79. The lowest BCUT2D eigenvalue weighted by atomic mass is 10.2. The second-order valence-electron chi connectivity index (χ2n) is 5.00. The summed E-state index contributed by atoms with van der Waals surface area (Å²) in [6.45, 7) is 0.450. The lowest BCUT2D eigenvalue weighted by Crippen LogP contribution is -3.00. The highest BCUT2D eigenvalue weighted by atomic mass is 35.5. The highest BCUT2D eigenvalue weighted by molar-refractivity contribution is 5.64. The fourth-order valence-corrected chi connectivity index (χ4v) is 1.75. The lowest BCUT2D eigenvalue weighted by Gasteiger charge is -2.19. The number of halogens is 1. The van der Waals surface area contributed by atoms with Gasteiger partial charge in [-0.1, -0.05) is 0 Å². The molecule has 0 aliphatic heterocycles. The standard InChI is InChI=1S/C13H19N4O3.ClH/c1-17(2,14)8-12-15-16-13(20-12)10-6-5-9(18-3)7-11(10)19-4;/h5-7H,8,14H2,1-4H3;1H/q+1;/p-1. The van der Waals surface area contributed by atoms with Gasteiger partial charge in [0, 0.05) is 6.07 Å². The van der Waals surface area contributed by atoms with Crippen LogP contribution in [0.2, 0.25) is 0 Å². The lowest BCUT2D eigenvalue weighted by molar-refractivity contribution is -0.916. The second-order valence-corrected chi connectivity index (χ2v) is 5.00. The van der Waals surface area contributed by atoms with Gasteiger partial charge in [0.2, 0.25) is 0 Å². The van der Waals surface area contributed by atoms with E-state index in [1.807, 2.05) is 26.2 Å². The maximum absolute atomic E-state index is 5.88. The average Bonchev–Trinajstić information content (AvgIpc) is 2.83. The molecule has 0 aliphatic carbocycles. The number of aromatic nitrogens is 2. The Bertz CT molecular complexity index is 595. The molecule has 0 bridgehead atoms. The average molecular weight is 315 g/mol. The Morgan fingerprint density at radius 2 is 1.90 bits per heavy atom. The largest absolute Gasteiger partial charge is 1.00 e. The van der Waals surface area contributed by atoms with Crippen LogP contribution < -0.4 is 27.7 Å². The number of quaternary nitrogens is 1. The predicted molar refractivity (Wildman–Crippen MR) is 72.8 cm³/mol. The monoisotopic (exact) mass is 314 g/mol. The molecule has 0 aliphatic rings. The summed E-state index contributed by atoms with van der Waals surface area (Å²) in [5, 5.41) is 8.03. The normalized spacial score (nSPS) is 10.9. The highest BCUT2D eigenvalue weighted by Gasteiger charge is 2.19. The van der Waals surface area contributed by atoms with E-state index in [0.717, 1.165) is 5.56 Å². The van der Waals surface area contributed by atoms with Crippen molar-refractivity contribution in [1.29, 1.82) is 0 Å². The third-order valence-corrected chi connectivity index (χ3v) is 2.65. The van der Waals surface area contributed by atoms with E-state index < -0.39 is 0 Å². The first-order chi connectivity index (χ1) is 9.43. The summed E-state index contributed by atoms with van der Waals surface area (Å²) in [5.74, 6) is 8.06. The van der Waals surface area contributed by atoms with Gasteiger partial charge in [-0.2, -0.15) is 5.84 Å². The molecule has 0 radical (unpaired) electrons. The number of methoxy groups -OCH3 is 2. The van der Waals surface area contributed by atoms with Gasteiger partial charge in [-0.15, -0.1) is 10.2 Å². The second kappa shape index (κ2) is 6.75. The maximum atomic E-state index is 5.88. The molecule has 2 rings (SSSR count). The van der Waals surface area contributed by atoms with Crippen molar-refractivity contribution < 1.29 is 30.9 Å². The van der Waals surface area contributed by atoms with Gasteiger partial charge in [-0.3, -0.25) is 0 Å². The van der Waals surface area contributed by atoms with Gasteiger partial charge < -0.3 is 26.3 Å². The van der Waals surface area contributed by atoms with Gasteiger partial charge in [0.15, 0.2) is 6.54 Å². The minimum Gasteiger partial charge on any atom is -1.00 e. The molecule has 116 valence electrons. The molecule has 0 fully saturated rings. The molecule has 2 N–H and O–H groups in total. The smallest absolute Gasteiger partial charge is 0.273 e. The zero-order valence-corrected chi connectivity index (χ0v) is 13.2. The van der Waals surface area contributed by atoms with Crippen LogP contribution in [0.15, 0.2) is 22.6 Å². The minimum absolute atomic E-state index is 0. The minimum atomic E-state index is 0. The summed E-state index contributed by atoms with van der Waals surface area (Å²) in [6, 6.07) is 5.39. The zero-order chi connectivity index (χ0) is 14.8. The molecule has 8 heteroatoms. The number of benzene rings is 1. The Kier molecular flexibility index (Phi) is 5.54. The van der Waals surface area contributed by atoms with E-state index in [2.05, 4.69) is 10.2 Å². The molecule has 1 aromatic heterocycles. The molecule has 0 amide bonds. The van der Waals surface area contributed by atoms with Crippen LogP contribution in [0.25, 0.3) is 11.5 Å². The van der Waals surface area contributed by atoms with Crippen LogP contribution >= 0.6 is 0 Å². The molecule has 0 saturated heterocycles. The number of hydrogen-bond donors (Lipinski definition) is 1. The molecule has 0 unspecified atom stereocenters. The molecule has 0 spiro atoms. The summed E-state index contributed by atoms with van der Waals surface area (Å²) in [7, 11) is 6.87. The van der Waals surface area contributed by atoms with E-state index in [1.165, 1.54) is 0 Å². The first kappa shape index (κ1) is 17.2. The van der Waals surface area contributed by atoms with Crippen LogP contribution in [0.3, 0.4) is 0 Å². The molecule has 0 saturated carbocycles. The summed E-state index contributed by atoms with van der Waals surface area (Å²) in [5.41, 5.74) is 0.717. The Balaban J connectivity index is 0.00000220. The number of hydrogen-bond acceptors (Lipinski definition) is 6. The highest BCUT2D eigenvalue weighted by Crippen LogP contribution is 2.32.